The van der Waals surface area contributed by atoms with Crippen molar-refractivity contribution in [1.29, 1.82) is 0 Å². The summed E-state index contributed by atoms with van der Waals surface area (Å²) in [6.45, 7) is 3.23. The van der Waals surface area contributed by atoms with Crippen molar-refractivity contribution >= 4 is 0 Å². The highest BCUT2D eigenvalue weighted by molar-refractivity contribution is 5.15. The van der Waals surface area contributed by atoms with E-state index in [1.165, 1.54) is 19.3 Å². The maximum atomic E-state index is 5.21. The molecule has 1 nitrogen and oxygen atoms in total. The maximum Gasteiger partial charge on any atom is 0.0909 e. The average molecular weight is 138 g/mol. The first-order valence-corrected chi connectivity index (χ1v) is 4.17. The van der Waals surface area contributed by atoms with E-state index in [1.807, 2.05) is 6.26 Å². The third-order valence-corrected chi connectivity index (χ3v) is 2.79. The van der Waals surface area contributed by atoms with Gasteiger partial charge in [0.1, 0.15) is 0 Å². The standard InChI is InChI=1S/C9H14O/c1-2-3-9-4-5-10-7-8(9)6-9/h4-5,8H,2-3,6-7H2,1H3/t8-,9-/m0/s1. The Morgan fingerprint density at radius 3 is 3.30 bits per heavy atom. The Bertz CT molecular complexity index is 162. The van der Waals surface area contributed by atoms with Crippen LogP contribution in [0.4, 0.5) is 0 Å². The lowest BCUT2D eigenvalue weighted by Gasteiger charge is -2.15. The maximum absolute atomic E-state index is 5.21. The van der Waals surface area contributed by atoms with E-state index in [9.17, 15) is 0 Å². The van der Waals surface area contributed by atoms with Crippen molar-refractivity contribution in [2.24, 2.45) is 11.3 Å². The van der Waals surface area contributed by atoms with Crippen LogP contribution in [0.15, 0.2) is 12.3 Å². The second-order valence-electron chi connectivity index (χ2n) is 3.52. The first-order chi connectivity index (χ1) is 4.87. The molecule has 2 atom stereocenters. The molecule has 1 aliphatic heterocycles. The Morgan fingerprint density at radius 1 is 1.70 bits per heavy atom. The number of hydrogen-bond acceptors (Lipinski definition) is 1. The highest BCUT2D eigenvalue weighted by Crippen LogP contribution is 2.58. The third-order valence-electron chi connectivity index (χ3n) is 2.79. The molecule has 1 saturated carbocycles. The first-order valence-electron chi connectivity index (χ1n) is 4.17. The van der Waals surface area contributed by atoms with Crippen molar-refractivity contribution in [1.82, 2.24) is 0 Å². The summed E-state index contributed by atoms with van der Waals surface area (Å²) in [4.78, 5) is 0. The summed E-state index contributed by atoms with van der Waals surface area (Å²) in [7, 11) is 0. The molecule has 1 aliphatic carbocycles. The minimum absolute atomic E-state index is 0.590. The van der Waals surface area contributed by atoms with E-state index in [0.29, 0.717) is 5.41 Å². The van der Waals surface area contributed by atoms with E-state index >= 15 is 0 Å². The molecule has 0 bridgehead atoms. The number of fused-ring (bicyclic) bond motifs is 1. The summed E-state index contributed by atoms with van der Waals surface area (Å²) < 4.78 is 5.21. The van der Waals surface area contributed by atoms with Gasteiger partial charge in [-0.05, 0) is 24.3 Å². The monoisotopic (exact) mass is 138 g/mol. The van der Waals surface area contributed by atoms with E-state index in [4.69, 9.17) is 4.74 Å². The van der Waals surface area contributed by atoms with Crippen LogP contribution >= 0.6 is 0 Å². The van der Waals surface area contributed by atoms with Crippen molar-refractivity contribution in [3.05, 3.63) is 12.3 Å². The molecule has 0 N–H and O–H groups in total. The number of allylic oxidation sites excluding steroid dienone is 1. The Morgan fingerprint density at radius 2 is 2.60 bits per heavy atom. The van der Waals surface area contributed by atoms with Crippen molar-refractivity contribution in [2.75, 3.05) is 6.61 Å². The molecule has 0 aromatic rings. The van der Waals surface area contributed by atoms with Gasteiger partial charge < -0.3 is 4.74 Å². The van der Waals surface area contributed by atoms with Crippen molar-refractivity contribution in [3.8, 4) is 0 Å². The SMILES string of the molecule is CCC[C@@]12C=COC[C@@H]1C2. The number of hydrogen-bond donors (Lipinski definition) is 0. The summed E-state index contributed by atoms with van der Waals surface area (Å²) in [6, 6.07) is 0. The Kier molecular flexibility index (Phi) is 1.26. The highest BCUT2D eigenvalue weighted by atomic mass is 16.5. The lowest BCUT2D eigenvalue weighted by Crippen LogP contribution is -2.08. The van der Waals surface area contributed by atoms with E-state index in [1.54, 1.807) is 0 Å². The summed E-state index contributed by atoms with van der Waals surface area (Å²) in [5.74, 6) is 0.859. The Labute approximate surface area is 62.1 Å². The van der Waals surface area contributed by atoms with Gasteiger partial charge in [0, 0.05) is 5.92 Å². The molecule has 0 saturated heterocycles. The molecule has 2 rings (SSSR count). The lowest BCUT2D eigenvalue weighted by molar-refractivity contribution is 0.198. The van der Waals surface area contributed by atoms with Gasteiger partial charge in [-0.1, -0.05) is 13.3 Å². The Hall–Kier alpha value is -0.460. The zero-order valence-corrected chi connectivity index (χ0v) is 6.47. The molecule has 0 aromatic heterocycles. The molecule has 0 unspecified atom stereocenters. The largest absolute Gasteiger partial charge is 0.501 e. The van der Waals surface area contributed by atoms with Crippen LogP contribution in [0.1, 0.15) is 26.2 Å². The van der Waals surface area contributed by atoms with Crippen LogP contribution in [0.5, 0.6) is 0 Å². The molecule has 1 heterocycles. The van der Waals surface area contributed by atoms with Crippen LogP contribution < -0.4 is 0 Å². The van der Waals surface area contributed by atoms with Crippen LogP contribution in [0.2, 0.25) is 0 Å². The topological polar surface area (TPSA) is 9.23 Å². The van der Waals surface area contributed by atoms with Crippen LogP contribution in [-0.2, 0) is 4.74 Å². The molecule has 10 heavy (non-hydrogen) atoms. The van der Waals surface area contributed by atoms with Gasteiger partial charge in [-0.3, -0.25) is 0 Å². The third kappa shape index (κ3) is 0.764. The van der Waals surface area contributed by atoms with E-state index in [2.05, 4.69) is 13.0 Å². The first kappa shape index (κ1) is 6.26. The quantitative estimate of drug-likeness (QED) is 0.569. The van der Waals surface area contributed by atoms with Crippen molar-refractivity contribution in [3.63, 3.8) is 0 Å². The van der Waals surface area contributed by atoms with Gasteiger partial charge in [0.25, 0.3) is 0 Å². The van der Waals surface area contributed by atoms with Crippen molar-refractivity contribution in [2.45, 2.75) is 26.2 Å². The number of ether oxygens (including phenoxy) is 1. The fourth-order valence-corrected chi connectivity index (χ4v) is 2.04. The van der Waals surface area contributed by atoms with E-state index in [-0.39, 0.29) is 0 Å². The van der Waals surface area contributed by atoms with Gasteiger partial charge in [-0.2, -0.15) is 0 Å². The van der Waals surface area contributed by atoms with Crippen LogP contribution in [0.3, 0.4) is 0 Å². The van der Waals surface area contributed by atoms with Gasteiger partial charge in [0.05, 0.1) is 12.9 Å². The predicted molar refractivity (Wildman–Crippen MR) is 40.5 cm³/mol. The molecule has 56 valence electrons. The van der Waals surface area contributed by atoms with Crippen LogP contribution in [0.25, 0.3) is 0 Å². The molecular weight excluding hydrogens is 124 g/mol. The zero-order chi connectivity index (χ0) is 7.03. The minimum Gasteiger partial charge on any atom is -0.501 e. The van der Waals surface area contributed by atoms with E-state index in [0.717, 1.165) is 12.5 Å². The van der Waals surface area contributed by atoms with Gasteiger partial charge >= 0.3 is 0 Å². The molecule has 2 aliphatic rings. The summed E-state index contributed by atoms with van der Waals surface area (Å²) in [5, 5.41) is 0. The molecular formula is C9H14O. The molecule has 0 aromatic carbocycles. The summed E-state index contributed by atoms with van der Waals surface area (Å²) in [6.07, 6.45) is 8.19. The van der Waals surface area contributed by atoms with Crippen LogP contribution in [-0.4, -0.2) is 6.61 Å². The van der Waals surface area contributed by atoms with Gasteiger partial charge in [-0.15, -0.1) is 0 Å². The normalized spacial score (nSPS) is 42.3. The molecule has 0 spiro atoms. The predicted octanol–water partition coefficient (Wildman–Crippen LogP) is 2.34. The summed E-state index contributed by atoms with van der Waals surface area (Å²) >= 11 is 0. The highest BCUT2D eigenvalue weighted by Gasteiger charge is 2.52. The second-order valence-corrected chi connectivity index (χ2v) is 3.52. The molecule has 1 fully saturated rings. The second kappa shape index (κ2) is 2.01. The smallest absolute Gasteiger partial charge is 0.0909 e. The Balaban J connectivity index is 2.04. The molecule has 0 amide bonds. The molecule has 1 heteroatoms. The van der Waals surface area contributed by atoms with Gasteiger partial charge in [-0.25, -0.2) is 0 Å². The molecule has 0 radical (unpaired) electrons. The summed E-state index contributed by atoms with van der Waals surface area (Å²) in [5.41, 5.74) is 0.590. The zero-order valence-electron chi connectivity index (χ0n) is 6.47. The van der Waals surface area contributed by atoms with Crippen LogP contribution in [0, 0.1) is 11.3 Å². The van der Waals surface area contributed by atoms with Crippen molar-refractivity contribution < 1.29 is 4.74 Å². The van der Waals surface area contributed by atoms with Gasteiger partial charge in [0.2, 0.25) is 0 Å². The van der Waals surface area contributed by atoms with E-state index < -0.39 is 0 Å². The lowest BCUT2D eigenvalue weighted by atomic mass is 9.97. The average Bonchev–Trinajstić information content (AvgIpc) is 2.62. The fraction of sp³-hybridized carbons (Fsp3) is 0.778. The van der Waals surface area contributed by atoms with Gasteiger partial charge in [0.15, 0.2) is 0 Å². The fourth-order valence-electron chi connectivity index (χ4n) is 2.04. The minimum atomic E-state index is 0.590. The number of rotatable bonds is 2.